The van der Waals surface area contributed by atoms with E-state index in [4.69, 9.17) is 15.0 Å². The standard InChI is InChI=1S/C9H13N7O2/c1-2-17-9-15-7(10)14-8(16-9)11-4-3-6-12-5-13-18-6/h5H,2-4H2,1H3,(H3,10,11,14,15,16). The summed E-state index contributed by atoms with van der Waals surface area (Å²) in [4.78, 5) is 15.7. The van der Waals surface area contributed by atoms with E-state index in [1.165, 1.54) is 6.33 Å². The molecule has 2 rings (SSSR count). The van der Waals surface area contributed by atoms with Gasteiger partial charge < -0.3 is 20.3 Å². The number of nitrogen functional groups attached to an aromatic ring is 1. The molecule has 2 heterocycles. The molecule has 0 amide bonds. The fourth-order valence-electron chi connectivity index (χ4n) is 1.23. The zero-order valence-corrected chi connectivity index (χ0v) is 9.83. The minimum Gasteiger partial charge on any atom is -0.464 e. The van der Waals surface area contributed by atoms with Gasteiger partial charge in [-0.1, -0.05) is 5.16 Å². The third kappa shape index (κ3) is 3.27. The Bertz CT molecular complexity index is 488. The van der Waals surface area contributed by atoms with Gasteiger partial charge in [0.15, 0.2) is 6.33 Å². The predicted octanol–water partition coefficient (Wildman–Crippen LogP) is -0.110. The van der Waals surface area contributed by atoms with Crippen LogP contribution in [0.5, 0.6) is 6.01 Å². The maximum Gasteiger partial charge on any atom is 0.323 e. The molecule has 0 fully saturated rings. The summed E-state index contributed by atoms with van der Waals surface area (Å²) in [7, 11) is 0. The van der Waals surface area contributed by atoms with Crippen molar-refractivity contribution in [1.29, 1.82) is 0 Å². The van der Waals surface area contributed by atoms with Gasteiger partial charge in [-0.2, -0.15) is 19.9 Å². The molecule has 2 aromatic heterocycles. The first-order chi connectivity index (χ1) is 8.78. The van der Waals surface area contributed by atoms with Crippen molar-refractivity contribution < 1.29 is 9.26 Å². The van der Waals surface area contributed by atoms with Crippen LogP contribution in [-0.2, 0) is 6.42 Å². The third-order valence-electron chi connectivity index (χ3n) is 1.93. The zero-order valence-electron chi connectivity index (χ0n) is 9.83. The first-order valence-electron chi connectivity index (χ1n) is 5.41. The number of aromatic nitrogens is 5. The summed E-state index contributed by atoms with van der Waals surface area (Å²) >= 11 is 0. The Balaban J connectivity index is 1.92. The second kappa shape index (κ2) is 5.75. The number of rotatable bonds is 6. The molecular formula is C9H13N7O2. The van der Waals surface area contributed by atoms with Gasteiger partial charge in [0, 0.05) is 13.0 Å². The van der Waals surface area contributed by atoms with Crippen LogP contribution in [0.2, 0.25) is 0 Å². The van der Waals surface area contributed by atoms with Gasteiger partial charge in [0.05, 0.1) is 6.61 Å². The molecule has 2 aromatic rings. The maximum absolute atomic E-state index is 5.53. The highest BCUT2D eigenvalue weighted by molar-refractivity contribution is 5.32. The lowest BCUT2D eigenvalue weighted by Crippen LogP contribution is -2.11. The number of nitrogens with zero attached hydrogens (tertiary/aromatic N) is 5. The SMILES string of the molecule is CCOc1nc(N)nc(NCCc2ncno2)n1. The van der Waals surface area contributed by atoms with Crippen LogP contribution in [0.4, 0.5) is 11.9 Å². The minimum absolute atomic E-state index is 0.105. The number of nitrogens with two attached hydrogens (primary N) is 1. The van der Waals surface area contributed by atoms with Crippen LogP contribution in [0.1, 0.15) is 12.8 Å². The van der Waals surface area contributed by atoms with E-state index in [1.54, 1.807) is 0 Å². The lowest BCUT2D eigenvalue weighted by atomic mass is 10.4. The molecule has 0 aromatic carbocycles. The summed E-state index contributed by atoms with van der Waals surface area (Å²) in [5, 5.41) is 6.48. The van der Waals surface area contributed by atoms with Gasteiger partial charge in [-0.25, -0.2) is 0 Å². The first-order valence-corrected chi connectivity index (χ1v) is 5.41. The van der Waals surface area contributed by atoms with Crippen molar-refractivity contribution in [3.8, 4) is 6.01 Å². The van der Waals surface area contributed by atoms with Crippen molar-refractivity contribution in [2.24, 2.45) is 0 Å². The third-order valence-corrected chi connectivity index (χ3v) is 1.93. The van der Waals surface area contributed by atoms with Crippen LogP contribution in [0.15, 0.2) is 10.9 Å². The van der Waals surface area contributed by atoms with Crippen molar-refractivity contribution in [2.45, 2.75) is 13.3 Å². The molecule has 9 nitrogen and oxygen atoms in total. The van der Waals surface area contributed by atoms with Crippen molar-refractivity contribution in [3.05, 3.63) is 12.2 Å². The van der Waals surface area contributed by atoms with E-state index in [2.05, 4.69) is 30.4 Å². The molecule has 0 radical (unpaired) electrons. The molecule has 0 saturated carbocycles. The second-order valence-electron chi connectivity index (χ2n) is 3.24. The molecular weight excluding hydrogens is 238 g/mol. The summed E-state index contributed by atoms with van der Waals surface area (Å²) in [5.41, 5.74) is 5.53. The van der Waals surface area contributed by atoms with Gasteiger partial charge >= 0.3 is 6.01 Å². The summed E-state index contributed by atoms with van der Waals surface area (Å²) in [6, 6.07) is 0.199. The molecule has 0 aliphatic rings. The van der Waals surface area contributed by atoms with Crippen LogP contribution < -0.4 is 15.8 Å². The van der Waals surface area contributed by atoms with E-state index in [9.17, 15) is 0 Å². The highest BCUT2D eigenvalue weighted by atomic mass is 16.5. The molecule has 0 aliphatic heterocycles. The van der Waals surface area contributed by atoms with Gasteiger partial charge in [-0.3, -0.25) is 0 Å². The maximum atomic E-state index is 5.53. The second-order valence-corrected chi connectivity index (χ2v) is 3.24. The van der Waals surface area contributed by atoms with E-state index >= 15 is 0 Å². The predicted molar refractivity (Wildman–Crippen MR) is 61.9 cm³/mol. The van der Waals surface area contributed by atoms with E-state index in [0.717, 1.165) is 0 Å². The Morgan fingerprint density at radius 3 is 3.00 bits per heavy atom. The van der Waals surface area contributed by atoms with E-state index in [-0.39, 0.29) is 12.0 Å². The van der Waals surface area contributed by atoms with E-state index < -0.39 is 0 Å². The first kappa shape index (κ1) is 12.0. The number of hydrogen-bond acceptors (Lipinski definition) is 9. The smallest absolute Gasteiger partial charge is 0.323 e. The minimum atomic E-state index is 0.105. The Labute approximate surface area is 103 Å². The molecule has 9 heteroatoms. The molecule has 3 N–H and O–H groups in total. The van der Waals surface area contributed by atoms with Gasteiger partial charge in [0.2, 0.25) is 17.8 Å². The normalized spacial score (nSPS) is 10.3. The summed E-state index contributed by atoms with van der Waals surface area (Å²) in [5.74, 6) is 0.994. The number of ether oxygens (including phenoxy) is 1. The average molecular weight is 251 g/mol. The zero-order chi connectivity index (χ0) is 12.8. The van der Waals surface area contributed by atoms with Crippen LogP contribution in [0.3, 0.4) is 0 Å². The molecule has 0 bridgehead atoms. The highest BCUT2D eigenvalue weighted by Crippen LogP contribution is 2.08. The number of nitrogens with one attached hydrogen (secondary N) is 1. The van der Waals surface area contributed by atoms with Crippen molar-refractivity contribution in [1.82, 2.24) is 25.1 Å². The van der Waals surface area contributed by atoms with Crippen LogP contribution in [0, 0.1) is 0 Å². The number of anilines is 2. The molecule has 18 heavy (non-hydrogen) atoms. The lowest BCUT2D eigenvalue weighted by molar-refractivity contribution is 0.312. The molecule has 0 spiro atoms. The lowest BCUT2D eigenvalue weighted by Gasteiger charge is -2.05. The topological polar surface area (TPSA) is 125 Å². The quantitative estimate of drug-likeness (QED) is 0.723. The van der Waals surface area contributed by atoms with Gasteiger partial charge in [-0.05, 0) is 6.92 Å². The fourth-order valence-corrected chi connectivity index (χ4v) is 1.23. The average Bonchev–Trinajstić information content (AvgIpc) is 2.82. The summed E-state index contributed by atoms with van der Waals surface area (Å²) in [6.07, 6.45) is 1.92. The summed E-state index contributed by atoms with van der Waals surface area (Å²) in [6.45, 7) is 2.84. The van der Waals surface area contributed by atoms with Crippen molar-refractivity contribution in [2.75, 3.05) is 24.2 Å². The van der Waals surface area contributed by atoms with Gasteiger partial charge in [0.1, 0.15) is 0 Å². The number of hydrogen-bond donors (Lipinski definition) is 2. The fraction of sp³-hybridized carbons (Fsp3) is 0.444. The highest BCUT2D eigenvalue weighted by Gasteiger charge is 2.05. The summed E-state index contributed by atoms with van der Waals surface area (Å²) < 4.78 is 10.0. The Kier molecular flexibility index (Phi) is 3.84. The van der Waals surface area contributed by atoms with Crippen molar-refractivity contribution >= 4 is 11.9 Å². The van der Waals surface area contributed by atoms with Crippen LogP contribution in [-0.4, -0.2) is 38.2 Å². The largest absolute Gasteiger partial charge is 0.464 e. The molecule has 96 valence electrons. The molecule has 0 unspecified atom stereocenters. The van der Waals surface area contributed by atoms with Crippen LogP contribution in [0.25, 0.3) is 0 Å². The van der Waals surface area contributed by atoms with E-state index in [0.29, 0.717) is 31.4 Å². The Hall–Kier alpha value is -2.45. The Morgan fingerprint density at radius 1 is 1.39 bits per heavy atom. The monoisotopic (exact) mass is 251 g/mol. The molecule has 0 aliphatic carbocycles. The van der Waals surface area contributed by atoms with E-state index in [1.807, 2.05) is 6.92 Å². The van der Waals surface area contributed by atoms with Gasteiger partial charge in [0.25, 0.3) is 0 Å². The molecule has 0 atom stereocenters. The van der Waals surface area contributed by atoms with Crippen molar-refractivity contribution in [3.63, 3.8) is 0 Å². The van der Waals surface area contributed by atoms with Crippen LogP contribution >= 0.6 is 0 Å². The van der Waals surface area contributed by atoms with Gasteiger partial charge in [-0.15, -0.1) is 0 Å². The molecule has 0 saturated heterocycles. The Morgan fingerprint density at radius 2 is 2.28 bits per heavy atom.